The minimum absolute atomic E-state index is 0.115. The van der Waals surface area contributed by atoms with Gasteiger partial charge in [0.2, 0.25) is 0 Å². The van der Waals surface area contributed by atoms with Gasteiger partial charge in [-0.3, -0.25) is 4.79 Å². The molecule has 0 saturated heterocycles. The van der Waals surface area contributed by atoms with Crippen LogP contribution in [0, 0.1) is 0 Å². The zero-order valence-electron chi connectivity index (χ0n) is 14.3. The molecule has 0 aliphatic carbocycles. The number of halogens is 3. The molecule has 0 saturated carbocycles. The second kappa shape index (κ2) is 9.03. The molecule has 0 aliphatic heterocycles. The van der Waals surface area contributed by atoms with Crippen molar-refractivity contribution in [3.63, 3.8) is 0 Å². The minimum atomic E-state index is -4.48. The molecule has 0 atom stereocenters. The first-order chi connectivity index (χ1) is 12.4. The number of unbranched alkanes of at least 4 members (excludes halogenated alkanes) is 1. The number of benzene rings is 2. The number of anilines is 1. The topological polar surface area (TPSA) is 53.5 Å². The molecule has 0 heterocycles. The fraction of sp³-hybridized carbons (Fsp3) is 0.263. The predicted octanol–water partition coefficient (Wildman–Crippen LogP) is 4.68. The Kier molecular flexibility index (Phi) is 6.77. The number of amides is 1. The minimum Gasteiger partial charge on any atom is -0.385 e. The third-order valence-electron chi connectivity index (χ3n) is 3.64. The van der Waals surface area contributed by atoms with E-state index >= 15 is 0 Å². The van der Waals surface area contributed by atoms with Gasteiger partial charge in [-0.15, -0.1) is 0 Å². The van der Waals surface area contributed by atoms with Gasteiger partial charge < -0.3 is 5.32 Å². The molecule has 138 valence electrons. The highest BCUT2D eigenvalue weighted by Crippen LogP contribution is 2.31. The number of nitrogens with zero attached hydrogens (tertiary/aromatic N) is 1. The van der Waals surface area contributed by atoms with Crippen molar-refractivity contribution in [3.05, 3.63) is 65.2 Å². The number of rotatable bonds is 7. The van der Waals surface area contributed by atoms with Crippen LogP contribution >= 0.6 is 0 Å². The number of hydrogen-bond acceptors (Lipinski definition) is 3. The zero-order chi connectivity index (χ0) is 19.0. The monoisotopic (exact) mass is 363 g/mol. The molecule has 1 amide bonds. The molecule has 2 rings (SSSR count). The van der Waals surface area contributed by atoms with Gasteiger partial charge in [0.15, 0.2) is 0 Å². The average Bonchev–Trinajstić information content (AvgIpc) is 2.62. The highest BCUT2D eigenvalue weighted by molar-refractivity contribution is 5.95. The molecule has 0 fully saturated rings. The molecule has 0 aliphatic rings. The molecule has 2 aromatic rings. The summed E-state index contributed by atoms with van der Waals surface area (Å²) in [4.78, 5) is 12.0. The Hall–Kier alpha value is -2.83. The normalized spacial score (nSPS) is 11.5. The number of carbonyl (C=O) groups excluding carboxylic acids is 1. The maximum Gasteiger partial charge on any atom is 0.417 e. The van der Waals surface area contributed by atoms with E-state index in [0.717, 1.165) is 37.4 Å². The standard InChI is InChI=1S/C19H20F3N3O/c1-2-3-12-23-16-10-8-14(9-11-16)18(26)25-24-13-15-6-4-5-7-17(15)19(20,21)22/h4-11,13,23H,2-3,12H2,1H3,(H,25,26)/b24-13+. The molecule has 4 nitrogen and oxygen atoms in total. The van der Waals surface area contributed by atoms with Crippen molar-refractivity contribution in [2.45, 2.75) is 25.9 Å². The Bertz CT molecular complexity index is 755. The lowest BCUT2D eigenvalue weighted by Gasteiger charge is -2.09. The van der Waals surface area contributed by atoms with Crippen molar-refractivity contribution < 1.29 is 18.0 Å². The number of hydrazone groups is 1. The highest BCUT2D eigenvalue weighted by Gasteiger charge is 2.32. The summed E-state index contributed by atoms with van der Waals surface area (Å²) in [6, 6.07) is 11.8. The first-order valence-electron chi connectivity index (χ1n) is 8.25. The van der Waals surface area contributed by atoms with Gasteiger partial charge in [0.25, 0.3) is 5.91 Å². The molecule has 0 bridgehead atoms. The fourth-order valence-electron chi connectivity index (χ4n) is 2.24. The van der Waals surface area contributed by atoms with Crippen LogP contribution in [0.15, 0.2) is 53.6 Å². The van der Waals surface area contributed by atoms with Crippen LogP contribution in [0.3, 0.4) is 0 Å². The Morgan fingerprint density at radius 2 is 1.81 bits per heavy atom. The van der Waals surface area contributed by atoms with Crippen molar-refractivity contribution in [2.24, 2.45) is 5.10 Å². The second-order valence-electron chi connectivity index (χ2n) is 5.64. The van der Waals surface area contributed by atoms with E-state index in [1.54, 1.807) is 24.3 Å². The lowest BCUT2D eigenvalue weighted by Crippen LogP contribution is -2.18. The first kappa shape index (κ1) is 19.5. The van der Waals surface area contributed by atoms with E-state index < -0.39 is 17.6 Å². The van der Waals surface area contributed by atoms with E-state index in [0.29, 0.717) is 5.56 Å². The Balaban J connectivity index is 1.97. The summed E-state index contributed by atoms with van der Waals surface area (Å²) < 4.78 is 38.7. The van der Waals surface area contributed by atoms with Crippen LogP contribution in [0.25, 0.3) is 0 Å². The third kappa shape index (κ3) is 5.61. The predicted molar refractivity (Wildman–Crippen MR) is 96.3 cm³/mol. The molecular weight excluding hydrogens is 343 g/mol. The molecule has 2 N–H and O–H groups in total. The fourth-order valence-corrected chi connectivity index (χ4v) is 2.24. The molecule has 26 heavy (non-hydrogen) atoms. The van der Waals surface area contributed by atoms with E-state index in [9.17, 15) is 18.0 Å². The van der Waals surface area contributed by atoms with Crippen molar-refractivity contribution in [1.82, 2.24) is 5.43 Å². The van der Waals surface area contributed by atoms with Crippen LogP contribution in [-0.4, -0.2) is 18.7 Å². The summed E-state index contributed by atoms with van der Waals surface area (Å²) in [5.74, 6) is -0.495. The van der Waals surface area contributed by atoms with Crippen LogP contribution in [0.5, 0.6) is 0 Å². The SMILES string of the molecule is CCCCNc1ccc(C(=O)N/N=C/c2ccccc2C(F)(F)F)cc1. The summed E-state index contributed by atoms with van der Waals surface area (Å²) in [6.07, 6.45) is -1.35. The van der Waals surface area contributed by atoms with E-state index in [4.69, 9.17) is 0 Å². The van der Waals surface area contributed by atoms with Crippen LogP contribution in [0.4, 0.5) is 18.9 Å². The number of alkyl halides is 3. The average molecular weight is 363 g/mol. The number of nitrogens with one attached hydrogen (secondary N) is 2. The molecule has 0 spiro atoms. The van der Waals surface area contributed by atoms with Gasteiger partial charge in [-0.1, -0.05) is 31.5 Å². The van der Waals surface area contributed by atoms with E-state index in [1.807, 2.05) is 0 Å². The Labute approximate surface area is 150 Å². The maximum atomic E-state index is 12.9. The molecule has 2 aromatic carbocycles. The third-order valence-corrected chi connectivity index (χ3v) is 3.64. The van der Waals surface area contributed by atoms with Crippen molar-refractivity contribution in [1.29, 1.82) is 0 Å². The van der Waals surface area contributed by atoms with Gasteiger partial charge in [0.05, 0.1) is 11.8 Å². The number of hydrogen-bond donors (Lipinski definition) is 2. The molecule has 0 aromatic heterocycles. The van der Waals surface area contributed by atoms with E-state index in [1.165, 1.54) is 18.2 Å². The maximum absolute atomic E-state index is 12.9. The van der Waals surface area contributed by atoms with E-state index in [-0.39, 0.29) is 5.56 Å². The van der Waals surface area contributed by atoms with Crippen LogP contribution in [-0.2, 0) is 6.18 Å². The van der Waals surface area contributed by atoms with Crippen molar-refractivity contribution in [2.75, 3.05) is 11.9 Å². The molecule has 0 unspecified atom stereocenters. The lowest BCUT2D eigenvalue weighted by atomic mass is 10.1. The van der Waals surface area contributed by atoms with Gasteiger partial charge >= 0.3 is 6.18 Å². The van der Waals surface area contributed by atoms with Gasteiger partial charge in [-0.25, -0.2) is 5.43 Å². The van der Waals surface area contributed by atoms with Crippen LogP contribution in [0.1, 0.15) is 41.3 Å². The van der Waals surface area contributed by atoms with Crippen LogP contribution in [0.2, 0.25) is 0 Å². The summed E-state index contributed by atoms with van der Waals surface area (Å²) >= 11 is 0. The molecule has 0 radical (unpaired) electrons. The summed E-state index contributed by atoms with van der Waals surface area (Å²) in [6.45, 7) is 2.95. The summed E-state index contributed by atoms with van der Waals surface area (Å²) in [5.41, 5.74) is 2.59. The zero-order valence-corrected chi connectivity index (χ0v) is 14.3. The number of carbonyl (C=O) groups is 1. The summed E-state index contributed by atoms with van der Waals surface area (Å²) in [5, 5.41) is 6.86. The van der Waals surface area contributed by atoms with Gasteiger partial charge in [-0.05, 0) is 36.8 Å². The Morgan fingerprint density at radius 3 is 2.46 bits per heavy atom. The molecular formula is C19H20F3N3O. The van der Waals surface area contributed by atoms with Gasteiger partial charge in [0.1, 0.15) is 0 Å². The van der Waals surface area contributed by atoms with Gasteiger partial charge in [-0.2, -0.15) is 18.3 Å². The van der Waals surface area contributed by atoms with Crippen molar-refractivity contribution in [3.8, 4) is 0 Å². The van der Waals surface area contributed by atoms with Gasteiger partial charge in [0, 0.05) is 23.4 Å². The Morgan fingerprint density at radius 1 is 1.12 bits per heavy atom. The second-order valence-corrected chi connectivity index (χ2v) is 5.64. The van der Waals surface area contributed by atoms with Crippen molar-refractivity contribution >= 4 is 17.8 Å². The first-order valence-corrected chi connectivity index (χ1v) is 8.25. The highest BCUT2D eigenvalue weighted by atomic mass is 19.4. The lowest BCUT2D eigenvalue weighted by molar-refractivity contribution is -0.137. The largest absolute Gasteiger partial charge is 0.417 e. The quantitative estimate of drug-likeness (QED) is 0.426. The molecule has 7 heteroatoms. The van der Waals surface area contributed by atoms with Crippen LogP contribution < -0.4 is 10.7 Å². The summed E-state index contributed by atoms with van der Waals surface area (Å²) in [7, 11) is 0. The smallest absolute Gasteiger partial charge is 0.385 e. The van der Waals surface area contributed by atoms with E-state index in [2.05, 4.69) is 22.8 Å².